The van der Waals surface area contributed by atoms with E-state index < -0.39 is 0 Å². The summed E-state index contributed by atoms with van der Waals surface area (Å²) in [5.74, 6) is 0. The highest BCUT2D eigenvalue weighted by Gasteiger charge is 2.20. The Bertz CT molecular complexity index is 3160. The zero-order valence-corrected chi connectivity index (χ0v) is 27.5. The highest BCUT2D eigenvalue weighted by Crippen LogP contribution is 2.45. The van der Waals surface area contributed by atoms with Gasteiger partial charge in [-0.2, -0.15) is 0 Å². The van der Waals surface area contributed by atoms with Gasteiger partial charge in [-0.25, -0.2) is 0 Å². The van der Waals surface area contributed by atoms with Crippen LogP contribution in [0.1, 0.15) is 9.60 Å². The molecule has 0 radical (unpaired) electrons. The predicted molar refractivity (Wildman–Crippen MR) is 215 cm³/mol. The van der Waals surface area contributed by atoms with E-state index in [0.29, 0.717) is 25.9 Å². The first-order chi connectivity index (χ1) is 27.7. The molecule has 0 atom stereocenters. The lowest BCUT2D eigenvalue weighted by atomic mass is 9.91. The van der Waals surface area contributed by atoms with Gasteiger partial charge in [-0.15, -0.1) is 11.3 Å². The minimum atomic E-state index is -0.373. The zero-order valence-electron chi connectivity index (χ0n) is 33.7. The lowest BCUT2D eigenvalue weighted by Crippen LogP contribution is -1.98. The van der Waals surface area contributed by atoms with Gasteiger partial charge >= 0.3 is 0 Å². The molecule has 0 bridgehead atoms. The molecule has 0 unspecified atom stereocenters. The Morgan fingerprint density at radius 2 is 0.940 bits per heavy atom. The van der Waals surface area contributed by atoms with Gasteiger partial charge in [-0.3, -0.25) is 0 Å². The molecule has 10 aromatic rings. The van der Waals surface area contributed by atoms with Crippen molar-refractivity contribution in [3.63, 3.8) is 0 Å². The number of nitrogens with zero attached hydrogens (tertiary/aromatic N) is 1. The third-order valence-corrected chi connectivity index (χ3v) is 10.6. The number of fused-ring (bicyclic) bond motifs is 6. The summed E-state index contributed by atoms with van der Waals surface area (Å²) in [5.41, 5.74) is 10.1. The fourth-order valence-electron chi connectivity index (χ4n) is 7.30. The first kappa shape index (κ1) is 22.4. The van der Waals surface area contributed by atoms with Crippen LogP contribution in [0, 0.1) is 0 Å². The van der Waals surface area contributed by atoms with Crippen molar-refractivity contribution in [3.8, 4) is 50.2 Å². The molecule has 10 rings (SSSR count). The number of para-hydroxylation sites is 1. The molecule has 0 spiro atoms. The van der Waals surface area contributed by atoms with Gasteiger partial charge in [0.1, 0.15) is 0 Å². The molecular weight excluding hydrogens is 623 g/mol. The van der Waals surface area contributed by atoms with Crippen LogP contribution in [0.3, 0.4) is 0 Å². The van der Waals surface area contributed by atoms with Crippen molar-refractivity contribution in [1.29, 1.82) is 0 Å². The summed E-state index contributed by atoms with van der Waals surface area (Å²) in [6.07, 6.45) is 0. The molecule has 0 amide bonds. The van der Waals surface area contributed by atoms with Crippen LogP contribution in [-0.4, -0.2) is 4.57 Å². The van der Waals surface area contributed by atoms with Crippen LogP contribution in [0.15, 0.2) is 188 Å². The minimum absolute atomic E-state index is 0.162. The first-order valence-corrected chi connectivity index (χ1v) is 17.3. The first-order valence-electron chi connectivity index (χ1n) is 20.0. The second-order valence-electron chi connectivity index (χ2n) is 12.4. The van der Waals surface area contributed by atoms with Crippen molar-refractivity contribution < 1.29 is 9.60 Å². The van der Waals surface area contributed by atoms with Crippen LogP contribution in [0.2, 0.25) is 0 Å². The smallest absolute Gasteiger partial charge is 0.0638 e. The maximum atomic E-state index is 9.34. The van der Waals surface area contributed by atoms with Crippen LogP contribution < -0.4 is 0 Å². The number of thiophene rings is 1. The molecule has 2 heteroatoms. The van der Waals surface area contributed by atoms with Crippen molar-refractivity contribution in [2.24, 2.45) is 0 Å². The molecule has 0 fully saturated rings. The second-order valence-corrected chi connectivity index (χ2v) is 13.4. The van der Waals surface area contributed by atoms with Crippen molar-refractivity contribution in [1.82, 2.24) is 4.57 Å². The van der Waals surface area contributed by atoms with E-state index in [0.717, 1.165) is 72.2 Å². The molecule has 0 aliphatic carbocycles. The number of benzene rings is 8. The lowest BCUT2D eigenvalue weighted by Gasteiger charge is -2.17. The normalized spacial score (nSPS) is 13.6. The van der Waals surface area contributed by atoms with Crippen molar-refractivity contribution in [2.45, 2.75) is 0 Å². The molecule has 1 nitrogen and oxygen atoms in total. The summed E-state index contributed by atoms with van der Waals surface area (Å²) in [7, 11) is 0. The SMILES string of the molecule is [2H]c1c([2H])c([2H])c2c(sc3c([2H])c([2H])c([2H])c(-c4ccccc4-c4ccccc4-n4c5ccc(-c6ccccc6)cc5c5cc(-c6ccccc6)ccc54)c32)c1[2H]. The lowest BCUT2D eigenvalue weighted by molar-refractivity contribution is 1.18. The summed E-state index contributed by atoms with van der Waals surface area (Å²) in [4.78, 5) is 0. The fraction of sp³-hybridized carbons (Fsp3) is 0. The molecule has 234 valence electrons. The van der Waals surface area contributed by atoms with E-state index in [-0.39, 0.29) is 47.7 Å². The maximum Gasteiger partial charge on any atom is 0.0638 e. The van der Waals surface area contributed by atoms with Gasteiger partial charge in [0.25, 0.3) is 0 Å². The van der Waals surface area contributed by atoms with E-state index in [4.69, 9.17) is 8.22 Å². The Hall–Kier alpha value is -6.22. The predicted octanol–water partition coefficient (Wildman–Crippen LogP) is 13.8. The molecule has 2 aromatic heterocycles. The number of hydrogen-bond acceptors (Lipinski definition) is 1. The molecular formula is C48H31NS. The van der Waals surface area contributed by atoms with E-state index in [9.17, 15) is 1.37 Å². The molecule has 2 heterocycles. The van der Waals surface area contributed by atoms with Crippen LogP contribution in [0.25, 0.3) is 92.2 Å². The Morgan fingerprint density at radius 3 is 1.60 bits per heavy atom. The molecule has 0 aliphatic rings. The summed E-state index contributed by atoms with van der Waals surface area (Å²) in [6, 6.07) is 48.1. The summed E-state index contributed by atoms with van der Waals surface area (Å²) < 4.78 is 64.7. The molecule has 0 aliphatic heterocycles. The van der Waals surface area contributed by atoms with Crippen LogP contribution in [0.5, 0.6) is 0 Å². The second kappa shape index (κ2) is 11.7. The topological polar surface area (TPSA) is 4.93 Å². The number of rotatable bonds is 5. The van der Waals surface area contributed by atoms with Crippen molar-refractivity contribution in [2.75, 3.05) is 0 Å². The summed E-state index contributed by atoms with van der Waals surface area (Å²) in [6.45, 7) is 0. The monoisotopic (exact) mass is 660 g/mol. The molecule has 8 aromatic carbocycles. The fourth-order valence-corrected chi connectivity index (χ4v) is 8.27. The number of hydrogen-bond donors (Lipinski definition) is 0. The highest BCUT2D eigenvalue weighted by molar-refractivity contribution is 7.25. The summed E-state index contributed by atoms with van der Waals surface area (Å²) >= 11 is 1.08. The van der Waals surface area contributed by atoms with Gasteiger partial charge < -0.3 is 4.57 Å². The minimum Gasteiger partial charge on any atom is -0.309 e. The van der Waals surface area contributed by atoms with Gasteiger partial charge in [0.05, 0.1) is 26.3 Å². The molecule has 50 heavy (non-hydrogen) atoms. The van der Waals surface area contributed by atoms with Crippen LogP contribution in [0.4, 0.5) is 0 Å². The maximum absolute atomic E-state index is 9.34. The van der Waals surface area contributed by atoms with Gasteiger partial charge in [-0.05, 0) is 81.4 Å². The van der Waals surface area contributed by atoms with Gasteiger partial charge in [0.2, 0.25) is 0 Å². The van der Waals surface area contributed by atoms with Gasteiger partial charge in [0.15, 0.2) is 0 Å². The zero-order chi connectivity index (χ0) is 39.1. The van der Waals surface area contributed by atoms with E-state index >= 15 is 0 Å². The number of aromatic nitrogens is 1. The standard InChI is InChI=1S/C48H31NS/c1-3-14-32(15-4-1)34-26-28-44-41(30-34)42-31-35(33-16-5-2-6-17-33)27-29-45(42)49(44)43-23-11-9-20-38(43)36-18-7-8-19-37(36)39-22-13-25-47-48(39)40-21-10-12-24-46(40)50-47/h1-31H/i10D,12D,13D,21D,22D,24D,25D. The Balaban J connectivity index is 1.27. The Labute approximate surface area is 304 Å². The van der Waals surface area contributed by atoms with E-state index in [1.807, 2.05) is 48.5 Å². The Morgan fingerprint density at radius 1 is 0.400 bits per heavy atom. The van der Waals surface area contributed by atoms with Gasteiger partial charge in [0, 0.05) is 36.5 Å². The van der Waals surface area contributed by atoms with Crippen molar-refractivity contribution in [3.05, 3.63) is 188 Å². The van der Waals surface area contributed by atoms with E-state index in [2.05, 4.69) is 102 Å². The van der Waals surface area contributed by atoms with Gasteiger partial charge in [-0.1, -0.05) is 145 Å². The largest absolute Gasteiger partial charge is 0.309 e. The van der Waals surface area contributed by atoms with Crippen molar-refractivity contribution >= 4 is 53.3 Å². The average molecular weight is 661 g/mol. The van der Waals surface area contributed by atoms with Crippen LogP contribution >= 0.6 is 11.3 Å². The molecule has 0 saturated carbocycles. The average Bonchev–Trinajstić information content (AvgIpc) is 3.81. The molecule has 0 N–H and O–H groups in total. The third kappa shape index (κ3) is 4.61. The molecule has 0 saturated heterocycles. The summed E-state index contributed by atoms with van der Waals surface area (Å²) in [5, 5.41) is 2.88. The quantitative estimate of drug-likeness (QED) is 0.173. The van der Waals surface area contributed by atoms with E-state index in [1.165, 1.54) is 0 Å². The van der Waals surface area contributed by atoms with E-state index in [1.54, 1.807) is 0 Å². The Kier molecular flexibility index (Phi) is 5.26. The highest BCUT2D eigenvalue weighted by atomic mass is 32.1. The van der Waals surface area contributed by atoms with Crippen LogP contribution in [-0.2, 0) is 0 Å². The third-order valence-electron chi connectivity index (χ3n) is 9.56.